The zero-order valence-corrected chi connectivity index (χ0v) is 14.0. The van der Waals surface area contributed by atoms with Crippen LogP contribution in [0.15, 0.2) is 36.4 Å². The van der Waals surface area contributed by atoms with Gasteiger partial charge in [0.15, 0.2) is 29.1 Å². The Kier molecular flexibility index (Phi) is 5.08. The molecule has 2 aromatic carbocycles. The van der Waals surface area contributed by atoms with Gasteiger partial charge in [-0.2, -0.15) is 0 Å². The Morgan fingerprint density at radius 2 is 1.92 bits per heavy atom. The first-order chi connectivity index (χ1) is 12.1. The third-order valence-electron chi connectivity index (χ3n) is 3.17. The predicted molar refractivity (Wildman–Crippen MR) is 91.3 cm³/mol. The van der Waals surface area contributed by atoms with Gasteiger partial charge in [0.1, 0.15) is 11.3 Å². The van der Waals surface area contributed by atoms with Gasteiger partial charge in [0.25, 0.3) is 5.91 Å². The number of anilines is 1. The molecule has 1 amide bonds. The van der Waals surface area contributed by atoms with Gasteiger partial charge in [0.05, 0.1) is 11.3 Å². The van der Waals surface area contributed by atoms with Gasteiger partial charge < -0.3 is 9.47 Å². The lowest BCUT2D eigenvalue weighted by Crippen LogP contribution is -2.20. The van der Waals surface area contributed by atoms with Crippen molar-refractivity contribution in [2.24, 2.45) is 0 Å². The van der Waals surface area contributed by atoms with Crippen molar-refractivity contribution in [3.05, 3.63) is 48.0 Å². The number of ether oxygens (including phenoxy) is 2. The summed E-state index contributed by atoms with van der Waals surface area (Å²) in [5.74, 6) is -0.950. The average Bonchev–Trinajstić information content (AvgIpc) is 2.97. The fourth-order valence-electron chi connectivity index (χ4n) is 2.15. The Hall–Kier alpha value is -2.74. The molecule has 0 saturated heterocycles. The van der Waals surface area contributed by atoms with Crippen LogP contribution in [0.4, 0.5) is 13.9 Å². The van der Waals surface area contributed by atoms with Crippen LogP contribution < -0.4 is 14.8 Å². The average molecular weight is 364 g/mol. The molecule has 0 radical (unpaired) electrons. The second-order valence-electron chi connectivity index (χ2n) is 4.97. The van der Waals surface area contributed by atoms with Crippen LogP contribution in [0.25, 0.3) is 10.2 Å². The lowest BCUT2D eigenvalue weighted by Gasteiger charge is -2.10. The van der Waals surface area contributed by atoms with Crippen LogP contribution in [-0.4, -0.2) is 24.1 Å². The number of aromatic nitrogens is 1. The molecule has 0 aliphatic carbocycles. The van der Waals surface area contributed by atoms with Crippen molar-refractivity contribution in [3.8, 4) is 11.5 Å². The zero-order chi connectivity index (χ0) is 17.8. The molecule has 0 atom stereocenters. The lowest BCUT2D eigenvalue weighted by molar-refractivity contribution is -0.118. The molecule has 1 aromatic heterocycles. The van der Waals surface area contributed by atoms with E-state index in [9.17, 15) is 13.6 Å². The molecule has 0 saturated carbocycles. The first-order valence-corrected chi connectivity index (χ1v) is 8.28. The summed E-state index contributed by atoms with van der Waals surface area (Å²) in [6.07, 6.45) is 0. The minimum absolute atomic E-state index is 0.0179. The summed E-state index contributed by atoms with van der Waals surface area (Å²) < 4.78 is 38.0. The van der Waals surface area contributed by atoms with Crippen molar-refractivity contribution in [2.75, 3.05) is 18.5 Å². The normalized spacial score (nSPS) is 10.7. The first-order valence-electron chi connectivity index (χ1n) is 7.47. The third kappa shape index (κ3) is 4.03. The number of benzene rings is 2. The van der Waals surface area contributed by atoms with Crippen molar-refractivity contribution in [3.63, 3.8) is 0 Å². The number of amides is 1. The predicted octanol–water partition coefficient (Wildman–Crippen LogP) is 3.99. The number of nitrogens with zero attached hydrogens (tertiary/aromatic N) is 1. The Morgan fingerprint density at radius 1 is 1.20 bits per heavy atom. The number of para-hydroxylation sites is 2. The number of hydrogen-bond acceptors (Lipinski definition) is 5. The van der Waals surface area contributed by atoms with E-state index in [1.54, 1.807) is 24.3 Å². The molecule has 0 unspecified atom stereocenters. The van der Waals surface area contributed by atoms with Crippen LogP contribution in [0, 0.1) is 11.6 Å². The molecular weight excluding hydrogens is 350 g/mol. The minimum atomic E-state index is -0.770. The highest BCUT2D eigenvalue weighted by Gasteiger charge is 2.13. The summed E-state index contributed by atoms with van der Waals surface area (Å²) >= 11 is 0.984. The Balaban J connectivity index is 1.66. The zero-order valence-electron chi connectivity index (χ0n) is 13.2. The standard InChI is InChI=1S/C17H14F2N2O3S/c1-2-23-12-5-3-4-6-13(12)24-9-15(22)20-17-21-16-11(19)7-10(18)8-14(16)25-17/h3-8H,2,9H2,1H3,(H,20,21,22). The molecule has 0 fully saturated rings. The number of halogens is 2. The summed E-state index contributed by atoms with van der Waals surface area (Å²) in [6, 6.07) is 8.91. The van der Waals surface area contributed by atoms with Crippen molar-refractivity contribution in [2.45, 2.75) is 6.92 Å². The highest BCUT2D eigenvalue weighted by atomic mass is 32.1. The summed E-state index contributed by atoms with van der Waals surface area (Å²) in [7, 11) is 0. The number of carbonyl (C=O) groups excluding carboxylic acids is 1. The van der Waals surface area contributed by atoms with Gasteiger partial charge in [0.2, 0.25) is 0 Å². The molecule has 0 aliphatic heterocycles. The number of nitrogens with one attached hydrogen (secondary N) is 1. The Morgan fingerprint density at radius 3 is 2.64 bits per heavy atom. The lowest BCUT2D eigenvalue weighted by atomic mass is 10.3. The van der Waals surface area contributed by atoms with E-state index < -0.39 is 17.5 Å². The topological polar surface area (TPSA) is 60.5 Å². The van der Waals surface area contributed by atoms with Gasteiger partial charge in [-0.3, -0.25) is 10.1 Å². The van der Waals surface area contributed by atoms with Crippen LogP contribution in [0.3, 0.4) is 0 Å². The molecule has 3 aromatic rings. The maximum absolute atomic E-state index is 13.6. The fraction of sp³-hybridized carbons (Fsp3) is 0.176. The van der Waals surface area contributed by atoms with Crippen molar-refractivity contribution in [1.82, 2.24) is 4.98 Å². The Bertz CT molecular complexity index is 914. The minimum Gasteiger partial charge on any atom is -0.490 e. The summed E-state index contributed by atoms with van der Waals surface area (Å²) in [5, 5.41) is 2.69. The van der Waals surface area contributed by atoms with E-state index in [4.69, 9.17) is 9.47 Å². The molecule has 0 bridgehead atoms. The monoisotopic (exact) mass is 364 g/mol. The van der Waals surface area contributed by atoms with Gasteiger partial charge in [0, 0.05) is 6.07 Å². The van der Waals surface area contributed by atoms with Crippen molar-refractivity contribution >= 4 is 32.6 Å². The molecule has 1 heterocycles. The Labute approximate surface area is 146 Å². The second kappa shape index (κ2) is 7.43. The highest BCUT2D eigenvalue weighted by molar-refractivity contribution is 7.22. The van der Waals surface area contributed by atoms with Gasteiger partial charge in [-0.05, 0) is 25.1 Å². The molecule has 0 aliphatic rings. The van der Waals surface area contributed by atoms with Gasteiger partial charge in [-0.1, -0.05) is 23.5 Å². The van der Waals surface area contributed by atoms with Crippen molar-refractivity contribution in [1.29, 1.82) is 0 Å². The van der Waals surface area contributed by atoms with Gasteiger partial charge in [-0.25, -0.2) is 13.8 Å². The number of carbonyl (C=O) groups is 1. The maximum Gasteiger partial charge on any atom is 0.264 e. The number of thiazole rings is 1. The van der Waals surface area contributed by atoms with Crippen LogP contribution in [0.2, 0.25) is 0 Å². The largest absolute Gasteiger partial charge is 0.490 e. The molecule has 1 N–H and O–H groups in total. The number of rotatable bonds is 6. The summed E-state index contributed by atoms with van der Waals surface area (Å²) in [5.41, 5.74) is 0.0179. The van der Waals surface area contributed by atoms with Crippen LogP contribution in [0.5, 0.6) is 11.5 Å². The number of fused-ring (bicyclic) bond motifs is 1. The van der Waals surface area contributed by atoms with E-state index in [-0.39, 0.29) is 17.3 Å². The molecule has 3 rings (SSSR count). The molecule has 5 nitrogen and oxygen atoms in total. The highest BCUT2D eigenvalue weighted by Crippen LogP contribution is 2.29. The molecular formula is C17H14F2N2O3S. The quantitative estimate of drug-likeness (QED) is 0.718. The first kappa shape index (κ1) is 17.1. The van der Waals surface area contributed by atoms with Gasteiger partial charge >= 0.3 is 0 Å². The summed E-state index contributed by atoms with van der Waals surface area (Å²) in [6.45, 7) is 2.05. The van der Waals surface area contributed by atoms with E-state index in [0.717, 1.165) is 17.4 Å². The molecule has 0 spiro atoms. The second-order valence-corrected chi connectivity index (χ2v) is 6.00. The van der Waals surface area contributed by atoms with Gasteiger partial charge in [-0.15, -0.1) is 0 Å². The number of hydrogen-bond donors (Lipinski definition) is 1. The molecule has 130 valence electrons. The fourth-order valence-corrected chi connectivity index (χ4v) is 3.07. The van der Waals surface area contributed by atoms with E-state index >= 15 is 0 Å². The van der Waals surface area contributed by atoms with Crippen LogP contribution in [-0.2, 0) is 4.79 Å². The SMILES string of the molecule is CCOc1ccccc1OCC(=O)Nc1nc2c(F)cc(F)cc2s1. The summed E-state index contributed by atoms with van der Waals surface area (Å²) in [4.78, 5) is 16.0. The molecule has 8 heteroatoms. The van der Waals surface area contributed by atoms with Crippen molar-refractivity contribution < 1.29 is 23.0 Å². The van der Waals surface area contributed by atoms with Crippen LogP contribution >= 0.6 is 11.3 Å². The third-order valence-corrected chi connectivity index (χ3v) is 4.09. The van der Waals surface area contributed by atoms with E-state index in [1.165, 1.54) is 6.07 Å². The van der Waals surface area contributed by atoms with E-state index in [0.29, 0.717) is 22.8 Å². The van der Waals surface area contributed by atoms with E-state index in [1.807, 2.05) is 6.92 Å². The maximum atomic E-state index is 13.6. The smallest absolute Gasteiger partial charge is 0.264 e. The molecule has 25 heavy (non-hydrogen) atoms. The van der Waals surface area contributed by atoms with Crippen LogP contribution in [0.1, 0.15) is 6.92 Å². The van der Waals surface area contributed by atoms with E-state index in [2.05, 4.69) is 10.3 Å².